The summed E-state index contributed by atoms with van der Waals surface area (Å²) in [6.45, 7) is 2.78. The van der Waals surface area contributed by atoms with Crippen LogP contribution in [0.25, 0.3) is 10.6 Å². The molecule has 0 atom stereocenters. The van der Waals surface area contributed by atoms with Gasteiger partial charge in [-0.2, -0.15) is 0 Å². The van der Waals surface area contributed by atoms with Crippen molar-refractivity contribution in [3.63, 3.8) is 0 Å². The number of aromatic nitrogens is 3. The van der Waals surface area contributed by atoms with Crippen LogP contribution in [-0.2, 0) is 13.1 Å². The summed E-state index contributed by atoms with van der Waals surface area (Å²) in [5.74, 6) is 0. The summed E-state index contributed by atoms with van der Waals surface area (Å²) in [6.07, 6.45) is 6.74. The third-order valence-electron chi connectivity index (χ3n) is 3.26. The Kier molecular flexibility index (Phi) is 5.37. The molecular formula is C16H17BrN4S. The van der Waals surface area contributed by atoms with E-state index in [4.69, 9.17) is 0 Å². The van der Waals surface area contributed by atoms with E-state index in [2.05, 4.69) is 53.3 Å². The van der Waals surface area contributed by atoms with Gasteiger partial charge in [-0.25, -0.2) is 9.97 Å². The molecular weight excluding hydrogens is 360 g/mol. The van der Waals surface area contributed by atoms with Crippen LogP contribution in [0.2, 0.25) is 0 Å². The van der Waals surface area contributed by atoms with E-state index in [9.17, 15) is 0 Å². The second-order valence-electron chi connectivity index (χ2n) is 4.99. The van der Waals surface area contributed by atoms with E-state index >= 15 is 0 Å². The Hall–Kier alpha value is -1.50. The zero-order valence-electron chi connectivity index (χ0n) is 12.1. The Morgan fingerprint density at radius 1 is 1.32 bits per heavy atom. The Balaban J connectivity index is 1.46. The number of rotatable bonds is 7. The van der Waals surface area contributed by atoms with Gasteiger partial charge in [0.15, 0.2) is 0 Å². The summed E-state index contributed by atoms with van der Waals surface area (Å²) in [5, 5.41) is 6.63. The van der Waals surface area contributed by atoms with Gasteiger partial charge >= 0.3 is 0 Å². The van der Waals surface area contributed by atoms with Crippen LogP contribution in [0.5, 0.6) is 0 Å². The van der Waals surface area contributed by atoms with Crippen molar-refractivity contribution in [3.8, 4) is 10.6 Å². The number of halogens is 1. The molecule has 0 amide bonds. The van der Waals surface area contributed by atoms with E-state index in [1.54, 1.807) is 11.3 Å². The van der Waals surface area contributed by atoms with E-state index < -0.39 is 0 Å². The Labute approximate surface area is 142 Å². The van der Waals surface area contributed by atoms with Gasteiger partial charge in [-0.15, -0.1) is 11.3 Å². The van der Waals surface area contributed by atoms with Gasteiger partial charge in [-0.1, -0.05) is 28.1 Å². The van der Waals surface area contributed by atoms with Gasteiger partial charge in [0, 0.05) is 40.9 Å². The summed E-state index contributed by atoms with van der Waals surface area (Å²) >= 11 is 5.19. The third kappa shape index (κ3) is 4.25. The van der Waals surface area contributed by atoms with Crippen molar-refractivity contribution in [2.45, 2.75) is 19.5 Å². The zero-order chi connectivity index (χ0) is 15.2. The van der Waals surface area contributed by atoms with Crippen LogP contribution in [0, 0.1) is 0 Å². The highest BCUT2D eigenvalue weighted by Gasteiger charge is 2.04. The van der Waals surface area contributed by atoms with Crippen molar-refractivity contribution in [1.29, 1.82) is 0 Å². The highest BCUT2D eigenvalue weighted by molar-refractivity contribution is 9.10. The van der Waals surface area contributed by atoms with Crippen molar-refractivity contribution in [2.24, 2.45) is 0 Å². The lowest BCUT2D eigenvalue weighted by Crippen LogP contribution is -2.16. The minimum atomic E-state index is 0.814. The molecule has 1 aromatic carbocycles. The lowest BCUT2D eigenvalue weighted by atomic mass is 10.2. The van der Waals surface area contributed by atoms with Crippen LogP contribution in [0.1, 0.15) is 12.1 Å². The summed E-state index contributed by atoms with van der Waals surface area (Å²) < 4.78 is 3.18. The van der Waals surface area contributed by atoms with Gasteiger partial charge < -0.3 is 9.88 Å². The van der Waals surface area contributed by atoms with Crippen LogP contribution in [0.15, 0.2) is 52.8 Å². The molecule has 6 heteroatoms. The molecule has 0 aliphatic carbocycles. The standard InChI is InChI=1S/C16H17BrN4S/c17-14-4-1-3-13(9-14)16-20-15(11-22-16)10-18-5-2-7-21-8-6-19-12-21/h1,3-4,6,8-9,11-12,18H,2,5,7,10H2. The molecule has 0 spiro atoms. The van der Waals surface area contributed by atoms with Crippen LogP contribution >= 0.6 is 27.3 Å². The number of imidazole rings is 1. The second kappa shape index (κ2) is 7.67. The molecule has 114 valence electrons. The molecule has 1 N–H and O–H groups in total. The smallest absolute Gasteiger partial charge is 0.123 e. The number of nitrogens with zero attached hydrogens (tertiary/aromatic N) is 3. The fraction of sp³-hybridized carbons (Fsp3) is 0.250. The summed E-state index contributed by atoms with van der Waals surface area (Å²) in [4.78, 5) is 8.73. The van der Waals surface area contributed by atoms with E-state index in [0.29, 0.717) is 0 Å². The lowest BCUT2D eigenvalue weighted by Gasteiger charge is -2.03. The molecule has 0 saturated heterocycles. The van der Waals surface area contributed by atoms with Crippen molar-refractivity contribution in [2.75, 3.05) is 6.54 Å². The minimum Gasteiger partial charge on any atom is -0.337 e. The minimum absolute atomic E-state index is 0.814. The molecule has 0 aliphatic heterocycles. The maximum absolute atomic E-state index is 4.69. The van der Waals surface area contributed by atoms with Gasteiger partial charge in [-0.05, 0) is 25.1 Å². The fourth-order valence-electron chi connectivity index (χ4n) is 2.16. The van der Waals surface area contributed by atoms with Gasteiger partial charge in [0.25, 0.3) is 0 Å². The molecule has 4 nitrogen and oxygen atoms in total. The van der Waals surface area contributed by atoms with Crippen LogP contribution in [-0.4, -0.2) is 21.1 Å². The molecule has 0 unspecified atom stereocenters. The normalized spacial score (nSPS) is 11.0. The summed E-state index contributed by atoms with van der Waals surface area (Å²) in [5.41, 5.74) is 2.26. The molecule has 0 aliphatic rings. The summed E-state index contributed by atoms with van der Waals surface area (Å²) in [6, 6.07) is 8.25. The first-order valence-electron chi connectivity index (χ1n) is 7.18. The second-order valence-corrected chi connectivity index (χ2v) is 6.76. The topological polar surface area (TPSA) is 42.7 Å². The maximum atomic E-state index is 4.69. The molecule has 0 fully saturated rings. The molecule has 2 heterocycles. The Bertz CT molecular complexity index is 709. The van der Waals surface area contributed by atoms with Gasteiger partial charge in [0.2, 0.25) is 0 Å². The number of hydrogen-bond acceptors (Lipinski definition) is 4. The SMILES string of the molecule is Brc1cccc(-c2nc(CNCCCn3ccnc3)cs2)c1. The molecule has 0 radical (unpaired) electrons. The highest BCUT2D eigenvalue weighted by atomic mass is 79.9. The Morgan fingerprint density at radius 3 is 3.09 bits per heavy atom. The molecule has 3 rings (SSSR count). The average Bonchev–Trinajstić information content (AvgIpc) is 3.18. The van der Waals surface area contributed by atoms with E-state index in [1.165, 1.54) is 0 Å². The van der Waals surface area contributed by atoms with Crippen molar-refractivity contribution >= 4 is 27.3 Å². The first-order valence-corrected chi connectivity index (χ1v) is 8.85. The molecule has 3 aromatic rings. The Morgan fingerprint density at radius 2 is 2.27 bits per heavy atom. The van der Waals surface area contributed by atoms with Crippen molar-refractivity contribution < 1.29 is 0 Å². The van der Waals surface area contributed by atoms with Crippen LogP contribution in [0.4, 0.5) is 0 Å². The molecule has 0 saturated carbocycles. The van der Waals surface area contributed by atoms with Crippen molar-refractivity contribution in [3.05, 3.63) is 58.5 Å². The van der Waals surface area contributed by atoms with Crippen molar-refractivity contribution in [1.82, 2.24) is 19.9 Å². The quantitative estimate of drug-likeness (QED) is 0.634. The monoisotopic (exact) mass is 376 g/mol. The van der Waals surface area contributed by atoms with Gasteiger partial charge in [0.05, 0.1) is 12.0 Å². The number of aryl methyl sites for hydroxylation is 1. The van der Waals surface area contributed by atoms with E-state index in [1.807, 2.05) is 30.9 Å². The number of nitrogens with one attached hydrogen (secondary N) is 1. The maximum Gasteiger partial charge on any atom is 0.123 e. The highest BCUT2D eigenvalue weighted by Crippen LogP contribution is 2.26. The summed E-state index contributed by atoms with van der Waals surface area (Å²) in [7, 11) is 0. The third-order valence-corrected chi connectivity index (χ3v) is 4.69. The largest absolute Gasteiger partial charge is 0.337 e. The van der Waals surface area contributed by atoms with E-state index in [0.717, 1.165) is 46.8 Å². The van der Waals surface area contributed by atoms with Gasteiger partial charge in [-0.3, -0.25) is 0 Å². The molecule has 0 bridgehead atoms. The van der Waals surface area contributed by atoms with E-state index in [-0.39, 0.29) is 0 Å². The lowest BCUT2D eigenvalue weighted by molar-refractivity contribution is 0.578. The predicted octanol–water partition coefficient (Wildman–Crippen LogP) is 3.95. The molecule has 22 heavy (non-hydrogen) atoms. The van der Waals surface area contributed by atoms with Gasteiger partial charge in [0.1, 0.15) is 5.01 Å². The average molecular weight is 377 g/mol. The first kappa shape index (κ1) is 15.4. The number of hydrogen-bond donors (Lipinski definition) is 1. The number of thiazole rings is 1. The zero-order valence-corrected chi connectivity index (χ0v) is 14.5. The predicted molar refractivity (Wildman–Crippen MR) is 93.8 cm³/mol. The van der Waals surface area contributed by atoms with Crippen LogP contribution < -0.4 is 5.32 Å². The number of benzene rings is 1. The first-order chi connectivity index (χ1) is 10.8. The fourth-order valence-corrected chi connectivity index (χ4v) is 3.38. The van der Waals surface area contributed by atoms with Crippen LogP contribution in [0.3, 0.4) is 0 Å². The molecule has 2 aromatic heterocycles.